The van der Waals surface area contributed by atoms with Crippen molar-refractivity contribution in [2.24, 2.45) is 0 Å². The summed E-state index contributed by atoms with van der Waals surface area (Å²) in [6.07, 6.45) is -0.270. The molecule has 0 unspecified atom stereocenters. The van der Waals surface area contributed by atoms with Crippen LogP contribution in [0.25, 0.3) is 0 Å². The third-order valence-electron chi connectivity index (χ3n) is 3.32. The number of aromatic nitrogens is 2. The Morgan fingerprint density at radius 2 is 1.54 bits per heavy atom. The van der Waals surface area contributed by atoms with Gasteiger partial charge in [0.2, 0.25) is 11.7 Å². The number of amides is 1. The van der Waals surface area contributed by atoms with Gasteiger partial charge in [-0.05, 0) is 29.8 Å². The summed E-state index contributed by atoms with van der Waals surface area (Å²) in [5.74, 6) is -11.6. The van der Waals surface area contributed by atoms with E-state index in [-0.39, 0.29) is 13.0 Å². The van der Waals surface area contributed by atoms with Gasteiger partial charge in [0, 0.05) is 12.1 Å². The van der Waals surface area contributed by atoms with Crippen molar-refractivity contribution < 1.29 is 26.7 Å². The minimum absolute atomic E-state index is 0.0690. The lowest BCUT2D eigenvalue weighted by Gasteiger charge is -2.10. The van der Waals surface area contributed by atoms with Crippen molar-refractivity contribution >= 4 is 27.5 Å². The molecule has 0 saturated heterocycles. The molecule has 0 atom stereocenters. The molecular weight excluding hydrogens is 401 g/mol. The number of aryl methyl sites for hydroxylation is 2. The maximum Gasteiger partial charge on any atom is 0.226 e. The Hall–Kier alpha value is -1.97. The third-order valence-corrected chi connectivity index (χ3v) is 4.47. The number of anilines is 1. The average molecular weight is 412 g/mol. The van der Waals surface area contributed by atoms with E-state index in [0.29, 0.717) is 5.69 Å². The molecule has 24 heavy (non-hydrogen) atoms. The van der Waals surface area contributed by atoms with Crippen molar-refractivity contribution in [1.29, 1.82) is 0 Å². The van der Waals surface area contributed by atoms with Crippen molar-refractivity contribution in [2.75, 3.05) is 5.32 Å². The number of hydrogen-bond donors (Lipinski definition) is 1. The number of nitrogens with one attached hydrogen (secondary N) is 1. The van der Waals surface area contributed by atoms with E-state index in [1.165, 1.54) is 4.68 Å². The molecule has 1 aromatic heterocycles. The van der Waals surface area contributed by atoms with Crippen LogP contribution in [0.15, 0.2) is 4.47 Å². The lowest BCUT2D eigenvalue weighted by Crippen LogP contribution is -2.19. The first kappa shape index (κ1) is 18.4. The third kappa shape index (κ3) is 3.28. The fourth-order valence-corrected chi connectivity index (χ4v) is 2.30. The minimum Gasteiger partial charge on any atom is -0.321 e. The zero-order chi connectivity index (χ0) is 18.2. The van der Waals surface area contributed by atoms with E-state index in [0.717, 1.165) is 10.2 Å². The van der Waals surface area contributed by atoms with Crippen molar-refractivity contribution in [2.45, 2.75) is 26.8 Å². The van der Waals surface area contributed by atoms with Gasteiger partial charge >= 0.3 is 0 Å². The molecule has 130 valence electrons. The average Bonchev–Trinajstić information content (AvgIpc) is 2.80. The van der Waals surface area contributed by atoms with Gasteiger partial charge in [-0.15, -0.1) is 0 Å². The molecule has 1 N–H and O–H groups in total. The molecule has 0 aliphatic carbocycles. The van der Waals surface area contributed by atoms with E-state index >= 15 is 0 Å². The Labute approximate surface area is 141 Å². The summed E-state index contributed by atoms with van der Waals surface area (Å²) < 4.78 is 68.3. The van der Waals surface area contributed by atoms with Gasteiger partial charge in [0.15, 0.2) is 23.3 Å². The molecule has 0 bridgehead atoms. The lowest BCUT2D eigenvalue weighted by molar-refractivity contribution is -0.116. The van der Waals surface area contributed by atoms with Crippen LogP contribution in [-0.2, 0) is 11.3 Å². The largest absolute Gasteiger partial charge is 0.321 e. The summed E-state index contributed by atoms with van der Waals surface area (Å²) in [6, 6.07) is 0. The first-order valence-corrected chi connectivity index (χ1v) is 7.45. The minimum atomic E-state index is -2.28. The number of carbonyl (C=O) groups is 1. The second-order valence-electron chi connectivity index (χ2n) is 4.95. The van der Waals surface area contributed by atoms with E-state index in [1.54, 1.807) is 19.2 Å². The Morgan fingerprint density at radius 1 is 1.04 bits per heavy atom. The molecule has 1 aromatic carbocycles. The summed E-state index contributed by atoms with van der Waals surface area (Å²) in [4.78, 5) is 11.8. The molecule has 0 fully saturated rings. The molecule has 1 amide bonds. The van der Waals surface area contributed by atoms with Gasteiger partial charge in [0.1, 0.15) is 5.69 Å². The van der Waals surface area contributed by atoms with Gasteiger partial charge in [-0.25, -0.2) is 22.0 Å². The highest BCUT2D eigenvalue weighted by atomic mass is 79.9. The van der Waals surface area contributed by atoms with Crippen molar-refractivity contribution in [3.8, 4) is 0 Å². The van der Waals surface area contributed by atoms with Crippen LogP contribution in [0.4, 0.5) is 27.6 Å². The molecule has 2 rings (SSSR count). The molecule has 1 heterocycles. The summed E-state index contributed by atoms with van der Waals surface area (Å²) in [6.45, 7) is 3.55. The van der Waals surface area contributed by atoms with E-state index < -0.39 is 40.7 Å². The predicted molar refractivity (Wildman–Crippen MR) is 78.9 cm³/mol. The molecule has 10 heteroatoms. The first-order valence-electron chi connectivity index (χ1n) is 6.66. The van der Waals surface area contributed by atoms with E-state index in [2.05, 4.69) is 21.0 Å². The Morgan fingerprint density at radius 3 is 2.00 bits per heavy atom. The fourth-order valence-electron chi connectivity index (χ4n) is 2.02. The Kier molecular flexibility index (Phi) is 5.26. The Balaban J connectivity index is 2.15. The van der Waals surface area contributed by atoms with Gasteiger partial charge in [-0.3, -0.25) is 9.48 Å². The summed E-state index contributed by atoms with van der Waals surface area (Å²) in [5, 5.41) is 5.85. The van der Waals surface area contributed by atoms with E-state index in [1.807, 2.05) is 0 Å². The molecule has 0 radical (unpaired) electrons. The van der Waals surface area contributed by atoms with Crippen LogP contribution in [0.1, 0.15) is 17.8 Å². The van der Waals surface area contributed by atoms with Gasteiger partial charge < -0.3 is 5.32 Å². The van der Waals surface area contributed by atoms with Crippen LogP contribution in [0, 0.1) is 42.9 Å². The van der Waals surface area contributed by atoms with Crippen LogP contribution in [0.2, 0.25) is 0 Å². The number of rotatable bonds is 4. The monoisotopic (exact) mass is 411 g/mol. The zero-order valence-electron chi connectivity index (χ0n) is 12.5. The van der Waals surface area contributed by atoms with Crippen molar-refractivity contribution in [3.63, 3.8) is 0 Å². The molecule has 0 spiro atoms. The fraction of sp³-hybridized carbons (Fsp3) is 0.286. The number of halogens is 6. The van der Waals surface area contributed by atoms with Crippen LogP contribution < -0.4 is 5.32 Å². The lowest BCUT2D eigenvalue weighted by atomic mass is 10.2. The predicted octanol–water partition coefficient (Wildman–Crippen LogP) is 3.99. The number of carbonyl (C=O) groups excluding carboxylic acids is 1. The molecule has 4 nitrogen and oxygen atoms in total. The van der Waals surface area contributed by atoms with Gasteiger partial charge in [0.25, 0.3) is 0 Å². The maximum absolute atomic E-state index is 13.5. The number of benzene rings is 1. The topological polar surface area (TPSA) is 46.9 Å². The summed E-state index contributed by atoms with van der Waals surface area (Å²) >= 11 is 3.30. The Bertz CT molecular complexity index is 792. The number of hydrogen-bond acceptors (Lipinski definition) is 2. The highest BCUT2D eigenvalue weighted by Gasteiger charge is 2.26. The van der Waals surface area contributed by atoms with Crippen LogP contribution >= 0.6 is 15.9 Å². The zero-order valence-corrected chi connectivity index (χ0v) is 14.1. The SMILES string of the molecule is Cc1nn(CCC(=O)Nc2c(F)c(F)c(F)c(F)c2F)c(C)c1Br. The normalized spacial score (nSPS) is 11.0. The second kappa shape index (κ2) is 6.88. The second-order valence-corrected chi connectivity index (χ2v) is 5.74. The van der Waals surface area contributed by atoms with Gasteiger partial charge in [-0.2, -0.15) is 5.10 Å². The van der Waals surface area contributed by atoms with Crippen LogP contribution in [-0.4, -0.2) is 15.7 Å². The highest BCUT2D eigenvalue weighted by Crippen LogP contribution is 2.27. The van der Waals surface area contributed by atoms with Crippen LogP contribution in [0.3, 0.4) is 0 Å². The smallest absolute Gasteiger partial charge is 0.226 e. The quantitative estimate of drug-likeness (QED) is 0.469. The van der Waals surface area contributed by atoms with E-state index in [9.17, 15) is 26.7 Å². The van der Waals surface area contributed by atoms with E-state index in [4.69, 9.17) is 0 Å². The standard InChI is InChI=1S/C14H11BrF5N3O/c1-5-8(15)6(2)23(22-5)4-3-7(24)21-14-12(19)10(17)9(16)11(18)13(14)20/h3-4H2,1-2H3,(H,21,24). The van der Waals surface area contributed by atoms with Crippen LogP contribution in [0.5, 0.6) is 0 Å². The summed E-state index contributed by atoms with van der Waals surface area (Å²) in [5.41, 5.74) is 0.0511. The molecule has 2 aromatic rings. The molecular formula is C14H11BrF5N3O. The maximum atomic E-state index is 13.5. The molecule has 0 aliphatic rings. The van der Waals surface area contributed by atoms with Gasteiger partial charge in [0.05, 0.1) is 16.7 Å². The van der Waals surface area contributed by atoms with Crippen molar-refractivity contribution in [3.05, 3.63) is 44.9 Å². The number of nitrogens with zero attached hydrogens (tertiary/aromatic N) is 2. The molecule has 0 aliphatic heterocycles. The highest BCUT2D eigenvalue weighted by molar-refractivity contribution is 9.10. The first-order chi connectivity index (χ1) is 11.1. The molecule has 0 saturated carbocycles. The van der Waals surface area contributed by atoms with Gasteiger partial charge in [-0.1, -0.05) is 0 Å². The summed E-state index contributed by atoms with van der Waals surface area (Å²) in [7, 11) is 0. The van der Waals surface area contributed by atoms with Crippen molar-refractivity contribution in [1.82, 2.24) is 9.78 Å².